The van der Waals surface area contributed by atoms with Crippen LogP contribution in [0.4, 0.5) is 5.82 Å². The van der Waals surface area contributed by atoms with E-state index in [-0.39, 0.29) is 0 Å². The summed E-state index contributed by atoms with van der Waals surface area (Å²) in [6.45, 7) is 2.19. The van der Waals surface area contributed by atoms with Gasteiger partial charge in [0.2, 0.25) is 10.0 Å². The first-order valence-electron chi connectivity index (χ1n) is 5.57. The van der Waals surface area contributed by atoms with Gasteiger partial charge in [-0.3, -0.25) is 4.98 Å². The number of nitrogens with zero attached hydrogens (tertiary/aromatic N) is 4. The number of rotatable bonds is 3. The van der Waals surface area contributed by atoms with Gasteiger partial charge in [-0.05, 0) is 0 Å². The van der Waals surface area contributed by atoms with Crippen LogP contribution in [0.3, 0.4) is 0 Å². The van der Waals surface area contributed by atoms with Gasteiger partial charge in [-0.2, -0.15) is 4.31 Å². The zero-order valence-corrected chi connectivity index (χ0v) is 11.7. The normalized spacial score (nSPS) is 18.0. The maximum absolute atomic E-state index is 11.4. The lowest BCUT2D eigenvalue weighted by molar-refractivity contribution is 0.386. The third-order valence-corrected chi connectivity index (χ3v) is 4.42. The zero-order valence-electron chi connectivity index (χ0n) is 10.1. The fraction of sp³-hybridized carbons (Fsp3) is 0.600. The maximum Gasteiger partial charge on any atom is 0.211 e. The van der Waals surface area contributed by atoms with Gasteiger partial charge in [0.05, 0.1) is 24.0 Å². The van der Waals surface area contributed by atoms with Gasteiger partial charge < -0.3 is 4.90 Å². The van der Waals surface area contributed by atoms with Crippen LogP contribution in [0.2, 0.25) is 0 Å². The van der Waals surface area contributed by atoms with Crippen LogP contribution in [-0.2, 0) is 15.9 Å². The minimum atomic E-state index is -3.09. The molecule has 6 nitrogen and oxygen atoms in total. The molecule has 0 spiro atoms. The molecule has 0 N–H and O–H groups in total. The summed E-state index contributed by atoms with van der Waals surface area (Å²) >= 11 is 5.71. The molecule has 1 saturated heterocycles. The van der Waals surface area contributed by atoms with Gasteiger partial charge >= 0.3 is 0 Å². The van der Waals surface area contributed by atoms with Crippen molar-refractivity contribution < 1.29 is 8.42 Å². The van der Waals surface area contributed by atoms with E-state index in [1.807, 2.05) is 4.90 Å². The molecule has 0 atom stereocenters. The number of anilines is 1. The van der Waals surface area contributed by atoms with E-state index in [1.165, 1.54) is 10.6 Å². The van der Waals surface area contributed by atoms with Crippen LogP contribution in [0, 0.1) is 0 Å². The Labute approximate surface area is 112 Å². The Morgan fingerprint density at radius 3 is 2.50 bits per heavy atom. The summed E-state index contributed by atoms with van der Waals surface area (Å²) in [6, 6.07) is 0. The van der Waals surface area contributed by atoms with E-state index in [4.69, 9.17) is 11.6 Å². The van der Waals surface area contributed by atoms with Crippen molar-refractivity contribution in [3.8, 4) is 0 Å². The molecule has 0 amide bonds. The second-order valence-electron chi connectivity index (χ2n) is 4.15. The third-order valence-electron chi connectivity index (χ3n) is 2.84. The molecule has 0 unspecified atom stereocenters. The fourth-order valence-electron chi connectivity index (χ4n) is 1.86. The highest BCUT2D eigenvalue weighted by atomic mass is 35.5. The minimum Gasteiger partial charge on any atom is -0.353 e. The predicted octanol–water partition coefficient (Wildman–Crippen LogP) is 0.297. The van der Waals surface area contributed by atoms with E-state index < -0.39 is 10.0 Å². The van der Waals surface area contributed by atoms with Crippen molar-refractivity contribution in [2.75, 3.05) is 37.3 Å². The molecule has 1 fully saturated rings. The Morgan fingerprint density at radius 1 is 1.28 bits per heavy atom. The van der Waals surface area contributed by atoms with Gasteiger partial charge in [0.25, 0.3) is 0 Å². The number of sulfonamides is 1. The molecule has 2 rings (SSSR count). The second kappa shape index (κ2) is 5.38. The maximum atomic E-state index is 11.4. The molecule has 2 heterocycles. The van der Waals surface area contributed by atoms with Gasteiger partial charge in [0.15, 0.2) is 0 Å². The predicted molar refractivity (Wildman–Crippen MR) is 70.2 cm³/mol. The lowest BCUT2D eigenvalue weighted by Gasteiger charge is -2.33. The first-order chi connectivity index (χ1) is 8.50. The van der Waals surface area contributed by atoms with E-state index in [0.717, 1.165) is 11.5 Å². The van der Waals surface area contributed by atoms with Gasteiger partial charge in [-0.1, -0.05) is 0 Å². The lowest BCUT2D eigenvalue weighted by atomic mass is 10.3. The Morgan fingerprint density at radius 2 is 1.94 bits per heavy atom. The monoisotopic (exact) mass is 290 g/mol. The van der Waals surface area contributed by atoms with Gasteiger partial charge in [-0.25, -0.2) is 13.4 Å². The standard InChI is InChI=1S/C10H15ClN4O2S/c1-18(16,17)15-4-2-14(3-5-15)10-8-12-7-9(6-11)13-10/h7-8H,2-6H2,1H3. The van der Waals surface area contributed by atoms with Gasteiger partial charge in [0, 0.05) is 32.4 Å². The van der Waals surface area contributed by atoms with Crippen molar-refractivity contribution in [3.63, 3.8) is 0 Å². The molecule has 1 aromatic rings. The molecule has 0 aromatic carbocycles. The van der Waals surface area contributed by atoms with Crippen LogP contribution < -0.4 is 4.90 Å². The van der Waals surface area contributed by atoms with Crippen LogP contribution in [0.5, 0.6) is 0 Å². The summed E-state index contributed by atoms with van der Waals surface area (Å²) in [5, 5.41) is 0. The Balaban J connectivity index is 2.05. The molecule has 1 aliphatic rings. The van der Waals surface area contributed by atoms with Crippen molar-refractivity contribution in [2.45, 2.75) is 5.88 Å². The van der Waals surface area contributed by atoms with E-state index in [1.54, 1.807) is 12.4 Å². The van der Waals surface area contributed by atoms with E-state index in [2.05, 4.69) is 9.97 Å². The lowest BCUT2D eigenvalue weighted by Crippen LogP contribution is -2.48. The number of halogens is 1. The van der Waals surface area contributed by atoms with Crippen molar-refractivity contribution in [2.24, 2.45) is 0 Å². The number of alkyl halides is 1. The summed E-state index contributed by atoms with van der Waals surface area (Å²) in [5.41, 5.74) is 0.722. The quantitative estimate of drug-likeness (QED) is 0.749. The first-order valence-corrected chi connectivity index (χ1v) is 7.96. The Hall–Kier alpha value is -0.920. The highest BCUT2D eigenvalue weighted by Crippen LogP contribution is 2.14. The fourth-order valence-corrected chi connectivity index (χ4v) is 2.82. The molecular formula is C10H15ClN4O2S. The molecule has 1 aliphatic heterocycles. The van der Waals surface area contributed by atoms with Crippen LogP contribution in [0.15, 0.2) is 12.4 Å². The van der Waals surface area contributed by atoms with Crippen molar-refractivity contribution in [3.05, 3.63) is 18.1 Å². The summed E-state index contributed by atoms with van der Waals surface area (Å²) in [4.78, 5) is 10.5. The molecule has 0 saturated carbocycles. The van der Waals surface area contributed by atoms with Crippen molar-refractivity contribution >= 4 is 27.4 Å². The van der Waals surface area contributed by atoms with Gasteiger partial charge in [0.1, 0.15) is 5.82 Å². The summed E-state index contributed by atoms with van der Waals surface area (Å²) in [5.74, 6) is 1.07. The Kier molecular flexibility index (Phi) is 4.04. The van der Waals surface area contributed by atoms with Crippen LogP contribution in [0.1, 0.15) is 5.69 Å². The average molecular weight is 291 g/mol. The van der Waals surface area contributed by atoms with Gasteiger partial charge in [-0.15, -0.1) is 11.6 Å². The zero-order chi connectivity index (χ0) is 13.2. The molecule has 8 heteroatoms. The summed E-state index contributed by atoms with van der Waals surface area (Å²) in [7, 11) is -3.09. The molecule has 18 heavy (non-hydrogen) atoms. The van der Waals surface area contributed by atoms with Crippen molar-refractivity contribution in [1.82, 2.24) is 14.3 Å². The average Bonchev–Trinajstić information content (AvgIpc) is 2.38. The van der Waals surface area contributed by atoms with E-state index in [0.29, 0.717) is 32.1 Å². The molecule has 1 aromatic heterocycles. The van der Waals surface area contributed by atoms with E-state index >= 15 is 0 Å². The number of aromatic nitrogens is 2. The van der Waals surface area contributed by atoms with Crippen molar-refractivity contribution in [1.29, 1.82) is 0 Å². The summed E-state index contributed by atoms with van der Waals surface area (Å²) < 4.78 is 24.3. The topological polar surface area (TPSA) is 66.4 Å². The second-order valence-corrected chi connectivity index (χ2v) is 6.40. The van der Waals surface area contributed by atoms with Crippen LogP contribution >= 0.6 is 11.6 Å². The third kappa shape index (κ3) is 3.09. The minimum absolute atomic E-state index is 0.324. The SMILES string of the molecule is CS(=O)(=O)N1CCN(c2cncc(CCl)n2)CC1. The molecule has 0 aliphatic carbocycles. The molecular weight excluding hydrogens is 276 g/mol. The molecule has 0 bridgehead atoms. The molecule has 100 valence electrons. The smallest absolute Gasteiger partial charge is 0.211 e. The number of piperazine rings is 1. The molecule has 0 radical (unpaired) electrons. The van der Waals surface area contributed by atoms with Crippen LogP contribution in [0.25, 0.3) is 0 Å². The Bertz CT molecular complexity index is 514. The first kappa shape index (κ1) is 13.5. The van der Waals surface area contributed by atoms with E-state index in [9.17, 15) is 8.42 Å². The highest BCUT2D eigenvalue weighted by molar-refractivity contribution is 7.88. The number of hydrogen-bond donors (Lipinski definition) is 0. The summed E-state index contributed by atoms with van der Waals surface area (Å²) in [6.07, 6.45) is 4.53. The number of hydrogen-bond acceptors (Lipinski definition) is 5. The highest BCUT2D eigenvalue weighted by Gasteiger charge is 2.24. The van der Waals surface area contributed by atoms with Crippen LogP contribution in [-0.4, -0.2) is 55.1 Å². The largest absolute Gasteiger partial charge is 0.353 e.